The second-order valence-corrected chi connectivity index (χ2v) is 5.10. The fourth-order valence-electron chi connectivity index (χ4n) is 2.08. The van der Waals surface area contributed by atoms with E-state index in [4.69, 9.17) is 12.2 Å². The first kappa shape index (κ1) is 14.5. The number of hydrogen-bond donors (Lipinski definition) is 2. The molecule has 0 aliphatic rings. The van der Waals surface area contributed by atoms with Gasteiger partial charge in [-0.25, -0.2) is 4.39 Å². The summed E-state index contributed by atoms with van der Waals surface area (Å²) < 4.78 is 13.1. The largest absolute Gasteiger partial charge is 0.356 e. The molecule has 0 heterocycles. The number of aryl methyl sites for hydroxylation is 1. The van der Waals surface area contributed by atoms with Crippen molar-refractivity contribution in [2.75, 3.05) is 5.32 Å². The molecule has 104 valence electrons. The zero-order valence-electron chi connectivity index (χ0n) is 11.5. The molecule has 0 unspecified atom stereocenters. The lowest BCUT2D eigenvalue weighted by Crippen LogP contribution is -2.31. The Hall–Kier alpha value is -1.94. The van der Waals surface area contributed by atoms with Crippen LogP contribution in [0.15, 0.2) is 48.5 Å². The first-order valence-electron chi connectivity index (χ1n) is 6.45. The van der Waals surface area contributed by atoms with Crippen LogP contribution in [0.5, 0.6) is 0 Å². The van der Waals surface area contributed by atoms with Gasteiger partial charge in [0, 0.05) is 5.69 Å². The molecule has 0 aliphatic heterocycles. The molecule has 2 aromatic carbocycles. The standard InChI is InChI=1S/C16H17FN2S/c1-11-6-3-4-9-15(11)12(2)18-16(20)19-14-8-5-7-13(17)10-14/h3-10,12H,1-2H3,(H2,18,19,20)/t12-/m1/s1. The molecule has 0 saturated heterocycles. The third-order valence-electron chi connectivity index (χ3n) is 3.09. The predicted octanol–water partition coefficient (Wildman–Crippen LogP) is 4.18. The number of benzene rings is 2. The number of rotatable bonds is 3. The second kappa shape index (κ2) is 6.48. The van der Waals surface area contributed by atoms with Gasteiger partial charge in [0.1, 0.15) is 5.82 Å². The minimum atomic E-state index is -0.287. The van der Waals surface area contributed by atoms with E-state index >= 15 is 0 Å². The minimum Gasteiger partial charge on any atom is -0.356 e. The Kier molecular flexibility index (Phi) is 4.69. The van der Waals surface area contributed by atoms with Gasteiger partial charge in [0.25, 0.3) is 0 Å². The monoisotopic (exact) mass is 288 g/mol. The van der Waals surface area contributed by atoms with Gasteiger partial charge >= 0.3 is 0 Å². The molecule has 0 aromatic heterocycles. The minimum absolute atomic E-state index is 0.0877. The van der Waals surface area contributed by atoms with Crippen LogP contribution in [0.3, 0.4) is 0 Å². The van der Waals surface area contributed by atoms with Crippen LogP contribution in [-0.4, -0.2) is 5.11 Å². The summed E-state index contributed by atoms with van der Waals surface area (Å²) in [6.07, 6.45) is 0. The van der Waals surface area contributed by atoms with Crippen molar-refractivity contribution in [1.29, 1.82) is 0 Å². The molecule has 0 radical (unpaired) electrons. The Morgan fingerprint density at radius 1 is 1.15 bits per heavy atom. The third kappa shape index (κ3) is 3.78. The van der Waals surface area contributed by atoms with Gasteiger partial charge in [0.15, 0.2) is 5.11 Å². The SMILES string of the molecule is Cc1ccccc1[C@@H](C)NC(=S)Nc1cccc(F)c1. The molecule has 2 aromatic rings. The van der Waals surface area contributed by atoms with E-state index in [2.05, 4.69) is 29.7 Å². The lowest BCUT2D eigenvalue weighted by atomic mass is 10.0. The van der Waals surface area contributed by atoms with Crippen molar-refractivity contribution in [1.82, 2.24) is 5.32 Å². The van der Waals surface area contributed by atoms with Crippen molar-refractivity contribution in [2.45, 2.75) is 19.9 Å². The van der Waals surface area contributed by atoms with Crippen LogP contribution in [-0.2, 0) is 0 Å². The molecule has 1 atom stereocenters. The van der Waals surface area contributed by atoms with Crippen molar-refractivity contribution in [2.24, 2.45) is 0 Å². The van der Waals surface area contributed by atoms with Crippen LogP contribution in [0.25, 0.3) is 0 Å². The van der Waals surface area contributed by atoms with Crippen molar-refractivity contribution < 1.29 is 4.39 Å². The van der Waals surface area contributed by atoms with Gasteiger partial charge in [-0.1, -0.05) is 30.3 Å². The molecule has 2 rings (SSSR count). The van der Waals surface area contributed by atoms with E-state index in [1.807, 2.05) is 19.1 Å². The predicted molar refractivity (Wildman–Crippen MR) is 85.4 cm³/mol. The van der Waals surface area contributed by atoms with E-state index in [1.54, 1.807) is 12.1 Å². The molecular weight excluding hydrogens is 271 g/mol. The molecule has 0 fully saturated rings. The lowest BCUT2D eigenvalue weighted by molar-refractivity contribution is 0.628. The molecule has 0 bridgehead atoms. The summed E-state index contributed by atoms with van der Waals surface area (Å²) in [5.41, 5.74) is 3.04. The zero-order valence-corrected chi connectivity index (χ0v) is 12.3. The summed E-state index contributed by atoms with van der Waals surface area (Å²) in [5.74, 6) is -0.287. The molecule has 4 heteroatoms. The molecular formula is C16H17FN2S. The maximum absolute atomic E-state index is 13.1. The highest BCUT2D eigenvalue weighted by atomic mass is 32.1. The van der Waals surface area contributed by atoms with Crippen molar-refractivity contribution in [3.8, 4) is 0 Å². The maximum atomic E-state index is 13.1. The van der Waals surface area contributed by atoms with E-state index in [-0.39, 0.29) is 11.9 Å². The lowest BCUT2D eigenvalue weighted by Gasteiger charge is -2.19. The summed E-state index contributed by atoms with van der Waals surface area (Å²) >= 11 is 5.25. The number of thiocarbonyl (C=S) groups is 1. The zero-order chi connectivity index (χ0) is 14.5. The summed E-state index contributed by atoms with van der Waals surface area (Å²) in [5, 5.41) is 6.66. The van der Waals surface area contributed by atoms with E-state index in [0.717, 1.165) is 0 Å². The molecule has 2 nitrogen and oxygen atoms in total. The van der Waals surface area contributed by atoms with Crippen LogP contribution >= 0.6 is 12.2 Å². The summed E-state index contributed by atoms with van der Waals surface area (Å²) in [7, 11) is 0. The van der Waals surface area contributed by atoms with Crippen LogP contribution in [0.1, 0.15) is 24.1 Å². The van der Waals surface area contributed by atoms with Gasteiger partial charge < -0.3 is 10.6 Å². The first-order chi connectivity index (χ1) is 9.56. The van der Waals surface area contributed by atoms with Crippen LogP contribution in [0.2, 0.25) is 0 Å². The van der Waals surface area contributed by atoms with Gasteiger partial charge in [-0.3, -0.25) is 0 Å². The molecule has 0 spiro atoms. The fraction of sp³-hybridized carbons (Fsp3) is 0.188. The molecule has 0 amide bonds. The molecule has 0 aliphatic carbocycles. The Bertz CT molecular complexity index is 613. The number of hydrogen-bond acceptors (Lipinski definition) is 1. The van der Waals surface area contributed by atoms with Gasteiger partial charge in [-0.15, -0.1) is 0 Å². The van der Waals surface area contributed by atoms with Gasteiger partial charge in [0.2, 0.25) is 0 Å². The molecule has 2 N–H and O–H groups in total. The quantitative estimate of drug-likeness (QED) is 0.828. The van der Waals surface area contributed by atoms with Crippen LogP contribution < -0.4 is 10.6 Å². The van der Waals surface area contributed by atoms with E-state index in [0.29, 0.717) is 10.8 Å². The number of nitrogens with one attached hydrogen (secondary N) is 2. The first-order valence-corrected chi connectivity index (χ1v) is 6.85. The Labute approximate surface area is 124 Å². The average Bonchev–Trinajstić information content (AvgIpc) is 2.38. The van der Waals surface area contributed by atoms with Crippen molar-refractivity contribution in [3.63, 3.8) is 0 Å². The summed E-state index contributed by atoms with van der Waals surface area (Å²) in [6, 6.07) is 14.5. The third-order valence-corrected chi connectivity index (χ3v) is 3.30. The van der Waals surface area contributed by atoms with Crippen LogP contribution in [0, 0.1) is 12.7 Å². The Balaban J connectivity index is 2.00. The maximum Gasteiger partial charge on any atom is 0.171 e. The highest BCUT2D eigenvalue weighted by Crippen LogP contribution is 2.17. The van der Waals surface area contributed by atoms with Gasteiger partial charge in [-0.05, 0) is 55.4 Å². The second-order valence-electron chi connectivity index (χ2n) is 4.69. The van der Waals surface area contributed by atoms with Gasteiger partial charge in [0.05, 0.1) is 6.04 Å². The summed E-state index contributed by atoms with van der Waals surface area (Å²) in [4.78, 5) is 0. The van der Waals surface area contributed by atoms with E-state index in [9.17, 15) is 4.39 Å². The highest BCUT2D eigenvalue weighted by molar-refractivity contribution is 7.80. The smallest absolute Gasteiger partial charge is 0.171 e. The number of anilines is 1. The number of halogens is 1. The van der Waals surface area contributed by atoms with Crippen LogP contribution in [0.4, 0.5) is 10.1 Å². The van der Waals surface area contributed by atoms with E-state index in [1.165, 1.54) is 23.3 Å². The normalized spacial score (nSPS) is 11.8. The highest BCUT2D eigenvalue weighted by Gasteiger charge is 2.09. The van der Waals surface area contributed by atoms with Crippen molar-refractivity contribution in [3.05, 3.63) is 65.5 Å². The topological polar surface area (TPSA) is 24.1 Å². The Morgan fingerprint density at radius 2 is 1.90 bits per heavy atom. The molecule has 20 heavy (non-hydrogen) atoms. The fourth-order valence-corrected chi connectivity index (χ4v) is 2.38. The van der Waals surface area contributed by atoms with Gasteiger partial charge in [-0.2, -0.15) is 0 Å². The summed E-state index contributed by atoms with van der Waals surface area (Å²) in [6.45, 7) is 4.11. The molecule has 0 saturated carbocycles. The van der Waals surface area contributed by atoms with Crippen molar-refractivity contribution >= 4 is 23.0 Å². The van der Waals surface area contributed by atoms with E-state index < -0.39 is 0 Å². The average molecular weight is 288 g/mol. The Morgan fingerprint density at radius 3 is 2.60 bits per heavy atom.